The monoisotopic (exact) mass is 659 g/mol. The van der Waals surface area contributed by atoms with Gasteiger partial charge in [-0.15, -0.1) is 0 Å². The molecule has 3 aliphatic heterocycles. The Morgan fingerprint density at radius 3 is 2.15 bits per heavy atom. The summed E-state index contributed by atoms with van der Waals surface area (Å²) in [4.78, 5) is 56.3. The topological polar surface area (TPSA) is 135 Å². The van der Waals surface area contributed by atoms with Crippen molar-refractivity contribution in [2.24, 2.45) is 5.41 Å². The van der Waals surface area contributed by atoms with E-state index in [-0.39, 0.29) is 19.0 Å². The van der Waals surface area contributed by atoms with Gasteiger partial charge in [0.2, 0.25) is 12.7 Å². The maximum absolute atomic E-state index is 14.8. The Bertz CT molecular complexity index is 1740. The van der Waals surface area contributed by atoms with Crippen LogP contribution in [0, 0.1) is 16.7 Å². The van der Waals surface area contributed by atoms with Crippen molar-refractivity contribution in [3.63, 3.8) is 0 Å². The number of piperazine rings is 1. The number of hydrogen-bond donors (Lipinski definition) is 0. The van der Waals surface area contributed by atoms with Gasteiger partial charge in [-0.3, -0.25) is 9.59 Å². The summed E-state index contributed by atoms with van der Waals surface area (Å²) in [5, 5.41) is 8.32. The van der Waals surface area contributed by atoms with Gasteiger partial charge < -0.3 is 28.7 Å². The van der Waals surface area contributed by atoms with Crippen LogP contribution in [0.25, 0.3) is 0 Å². The summed E-state index contributed by atoms with van der Waals surface area (Å²) in [6, 6.07) is 22.2. The molecule has 5 atom stereocenters. The normalized spacial score (nSPS) is 26.6. The Morgan fingerprint density at radius 1 is 0.913 bits per heavy atom. The van der Waals surface area contributed by atoms with Crippen LogP contribution in [-0.4, -0.2) is 62.2 Å². The maximum Gasteiger partial charge on any atom is 0.375 e. The van der Waals surface area contributed by atoms with Gasteiger partial charge >= 0.3 is 10.6 Å². The second kappa shape index (κ2) is 12.3. The van der Waals surface area contributed by atoms with Crippen LogP contribution >= 0.6 is 23.5 Å². The molecule has 2 fully saturated rings. The molecular formula is C33H29N3O8S2. The molecule has 0 saturated carbocycles. The number of hydrogen-bond acceptors (Lipinski definition) is 11. The number of thioether (sulfide) groups is 2. The molecule has 0 N–H and O–H groups in total. The van der Waals surface area contributed by atoms with E-state index in [1.54, 1.807) is 85.8 Å². The first-order chi connectivity index (χ1) is 22.0. The number of fused-ring (bicyclic) bond motifs is 2. The summed E-state index contributed by atoms with van der Waals surface area (Å²) in [7, 11) is 1.44. The molecule has 13 heteroatoms. The molecule has 2 saturated heterocycles. The van der Waals surface area contributed by atoms with E-state index in [9.17, 15) is 24.4 Å². The largest absolute Gasteiger partial charge is 0.454 e. The highest BCUT2D eigenvalue weighted by Crippen LogP contribution is 2.55. The summed E-state index contributed by atoms with van der Waals surface area (Å²) >= 11 is 1.33. The van der Waals surface area contributed by atoms with Crippen molar-refractivity contribution in [1.29, 1.82) is 5.26 Å². The number of para-hydroxylation sites is 2. The first kappa shape index (κ1) is 31.3. The van der Waals surface area contributed by atoms with Crippen molar-refractivity contribution in [1.82, 2.24) is 9.80 Å². The zero-order valence-electron chi connectivity index (χ0n) is 25.1. The second-order valence-corrected chi connectivity index (χ2v) is 13.9. The number of carbonyl (C=O) groups excluding carboxylic acids is 4. The predicted molar refractivity (Wildman–Crippen MR) is 169 cm³/mol. The lowest BCUT2D eigenvalue weighted by molar-refractivity contribution is -0.170. The van der Waals surface area contributed by atoms with Crippen LogP contribution in [0.5, 0.6) is 23.0 Å². The van der Waals surface area contributed by atoms with Crippen LogP contribution in [0.2, 0.25) is 0 Å². The van der Waals surface area contributed by atoms with E-state index in [2.05, 4.69) is 6.07 Å². The fraction of sp³-hybridized carbons (Fsp3) is 0.303. The SMILES string of the molecule is CN1C(=O)C2[C@H](SC(=O)Oc3ccccc3)C[C@](C)(C#N)C(c3ccc4c(c3)OCO4)N2C(=O)[C@]1(C)SC(=O)Oc1ccccc1. The third-order valence-electron chi connectivity index (χ3n) is 8.40. The molecule has 0 radical (unpaired) electrons. The van der Waals surface area contributed by atoms with E-state index in [4.69, 9.17) is 18.9 Å². The van der Waals surface area contributed by atoms with E-state index in [0.717, 1.165) is 11.8 Å². The van der Waals surface area contributed by atoms with E-state index < -0.39 is 50.0 Å². The number of amides is 2. The number of nitrogens with zero attached hydrogens (tertiary/aromatic N) is 3. The van der Waals surface area contributed by atoms with E-state index in [0.29, 0.717) is 34.6 Å². The molecule has 3 aromatic rings. The van der Waals surface area contributed by atoms with Gasteiger partial charge in [-0.25, -0.2) is 9.59 Å². The fourth-order valence-electron chi connectivity index (χ4n) is 6.04. The molecule has 3 heterocycles. The van der Waals surface area contributed by atoms with Crippen molar-refractivity contribution in [3.05, 3.63) is 84.4 Å². The van der Waals surface area contributed by atoms with Crippen LogP contribution in [-0.2, 0) is 9.59 Å². The van der Waals surface area contributed by atoms with Gasteiger partial charge in [0.25, 0.3) is 5.91 Å². The van der Waals surface area contributed by atoms with Gasteiger partial charge in [0, 0.05) is 12.3 Å². The Labute approximate surface area is 273 Å². The molecule has 3 aromatic carbocycles. The first-order valence-electron chi connectivity index (χ1n) is 14.3. The molecule has 0 aromatic heterocycles. The summed E-state index contributed by atoms with van der Waals surface area (Å²) in [5.41, 5.74) is -0.741. The van der Waals surface area contributed by atoms with Crippen LogP contribution in [0.4, 0.5) is 9.59 Å². The molecular weight excluding hydrogens is 631 g/mol. The number of ether oxygens (including phenoxy) is 4. The lowest BCUT2D eigenvalue weighted by Crippen LogP contribution is -2.74. The number of likely N-dealkylation sites (N-methyl/N-ethyl adjacent to an activating group) is 1. The predicted octanol–water partition coefficient (Wildman–Crippen LogP) is 6.01. The molecule has 0 spiro atoms. The summed E-state index contributed by atoms with van der Waals surface area (Å²) in [5.74, 6) is 0.446. The number of piperidine rings is 1. The Balaban J connectivity index is 1.40. The van der Waals surface area contributed by atoms with Gasteiger partial charge in [-0.05, 0) is 85.8 Å². The number of nitriles is 1. The van der Waals surface area contributed by atoms with Gasteiger partial charge in [-0.1, -0.05) is 42.5 Å². The third-order valence-corrected chi connectivity index (χ3v) is 10.5. The molecule has 0 aliphatic carbocycles. The quantitative estimate of drug-likeness (QED) is 0.298. The van der Waals surface area contributed by atoms with Crippen molar-refractivity contribution in [2.45, 2.75) is 42.5 Å². The van der Waals surface area contributed by atoms with Gasteiger partial charge in [0.05, 0.1) is 17.5 Å². The zero-order valence-corrected chi connectivity index (χ0v) is 26.7. The van der Waals surface area contributed by atoms with Gasteiger partial charge in [-0.2, -0.15) is 5.26 Å². The van der Waals surface area contributed by atoms with E-state index in [1.165, 1.54) is 23.8 Å². The fourth-order valence-corrected chi connectivity index (χ4v) is 8.12. The number of benzene rings is 3. The Morgan fingerprint density at radius 2 is 1.52 bits per heavy atom. The minimum atomic E-state index is -1.75. The molecule has 11 nitrogen and oxygen atoms in total. The Hall–Kier alpha value is -4.67. The molecule has 236 valence electrons. The summed E-state index contributed by atoms with van der Waals surface area (Å²) in [6.45, 7) is 3.19. The van der Waals surface area contributed by atoms with Crippen LogP contribution in [0.3, 0.4) is 0 Å². The zero-order chi connectivity index (χ0) is 32.6. The van der Waals surface area contributed by atoms with Crippen LogP contribution in [0.1, 0.15) is 31.9 Å². The molecule has 2 unspecified atom stereocenters. The lowest BCUT2D eigenvalue weighted by Gasteiger charge is -2.58. The minimum absolute atomic E-state index is 0.0218. The average Bonchev–Trinajstić information content (AvgIpc) is 3.52. The summed E-state index contributed by atoms with van der Waals surface area (Å²) in [6.07, 6.45) is 0.0745. The summed E-state index contributed by atoms with van der Waals surface area (Å²) < 4.78 is 22.1. The molecule has 0 bridgehead atoms. The van der Waals surface area contributed by atoms with Crippen LogP contribution in [0.15, 0.2) is 78.9 Å². The molecule has 6 rings (SSSR count). The van der Waals surface area contributed by atoms with Crippen LogP contribution < -0.4 is 18.9 Å². The molecule has 3 aliphatic rings. The maximum atomic E-state index is 14.8. The van der Waals surface area contributed by atoms with Gasteiger partial charge in [0.15, 0.2) is 16.4 Å². The van der Waals surface area contributed by atoms with Crippen molar-refractivity contribution >= 4 is 45.9 Å². The molecule has 46 heavy (non-hydrogen) atoms. The third kappa shape index (κ3) is 5.63. The average molecular weight is 660 g/mol. The molecule has 2 amide bonds. The van der Waals surface area contributed by atoms with Gasteiger partial charge in [0.1, 0.15) is 17.5 Å². The number of carbonyl (C=O) groups is 4. The van der Waals surface area contributed by atoms with Crippen molar-refractivity contribution in [2.75, 3.05) is 13.8 Å². The highest BCUT2D eigenvalue weighted by Gasteiger charge is 2.64. The van der Waals surface area contributed by atoms with E-state index >= 15 is 0 Å². The Kier molecular flexibility index (Phi) is 8.35. The minimum Gasteiger partial charge on any atom is -0.454 e. The highest BCUT2D eigenvalue weighted by atomic mass is 32.2. The second-order valence-electron chi connectivity index (χ2n) is 11.4. The van der Waals surface area contributed by atoms with Crippen molar-refractivity contribution < 1.29 is 38.1 Å². The standard InChI is InChI=1S/C33H29N3O8S2/c1-32(18-34)17-25(45-30(39)43-21-10-6-4-7-11-21)26-28(37)35(3)33(2,46-31(40)44-22-12-8-5-9-13-22)29(38)36(26)27(32)20-14-15-23-24(16-20)42-19-41-23/h4-16,25-27H,17,19H2,1-3H3/t25-,26?,27?,32-,33+/m1/s1. The smallest absolute Gasteiger partial charge is 0.375 e. The van der Waals surface area contributed by atoms with E-state index in [1.807, 2.05) is 0 Å². The lowest BCUT2D eigenvalue weighted by atomic mass is 9.69. The highest BCUT2D eigenvalue weighted by molar-refractivity contribution is 8.15. The first-order valence-corrected chi connectivity index (χ1v) is 16.0. The van der Waals surface area contributed by atoms with Crippen molar-refractivity contribution in [3.8, 4) is 29.1 Å². The number of rotatable bonds is 5.